The standard InChI is InChI=1S/C22H17N3/c1-16-14-21(25-22(24-16)19-6-3-2-4-7-19)18-11-9-17(10-12-18)20-8-5-13-23-15-20/h2-15H,1H3. The number of hydrogen-bond acceptors (Lipinski definition) is 3. The van der Waals surface area contributed by atoms with Gasteiger partial charge in [-0.1, -0.05) is 60.7 Å². The number of nitrogens with zero attached hydrogens (tertiary/aromatic N) is 3. The summed E-state index contributed by atoms with van der Waals surface area (Å²) in [5.74, 6) is 0.756. The van der Waals surface area contributed by atoms with Gasteiger partial charge >= 0.3 is 0 Å². The van der Waals surface area contributed by atoms with Gasteiger partial charge in [0.2, 0.25) is 0 Å². The normalized spacial score (nSPS) is 10.6. The largest absolute Gasteiger partial charge is 0.264 e. The number of aromatic nitrogens is 3. The third-order valence-electron chi connectivity index (χ3n) is 4.06. The molecule has 0 amide bonds. The quantitative estimate of drug-likeness (QED) is 0.521. The molecule has 0 saturated heterocycles. The molecule has 0 N–H and O–H groups in total. The van der Waals surface area contributed by atoms with Crippen LogP contribution in [0.25, 0.3) is 33.8 Å². The molecule has 3 heteroatoms. The van der Waals surface area contributed by atoms with Gasteiger partial charge in [0.05, 0.1) is 5.69 Å². The lowest BCUT2D eigenvalue weighted by atomic mass is 10.0. The average molecular weight is 323 g/mol. The van der Waals surface area contributed by atoms with Crippen LogP contribution in [0.3, 0.4) is 0 Å². The summed E-state index contributed by atoms with van der Waals surface area (Å²) in [6.45, 7) is 2.00. The molecule has 0 aliphatic rings. The van der Waals surface area contributed by atoms with Crippen molar-refractivity contribution < 1.29 is 0 Å². The van der Waals surface area contributed by atoms with E-state index in [4.69, 9.17) is 4.98 Å². The number of benzene rings is 2. The van der Waals surface area contributed by atoms with E-state index in [1.54, 1.807) is 6.20 Å². The Balaban J connectivity index is 1.71. The summed E-state index contributed by atoms with van der Waals surface area (Å²) >= 11 is 0. The first-order valence-electron chi connectivity index (χ1n) is 8.21. The van der Waals surface area contributed by atoms with Crippen molar-refractivity contribution in [2.75, 3.05) is 0 Å². The molecule has 0 unspecified atom stereocenters. The fourth-order valence-corrected chi connectivity index (χ4v) is 2.80. The second-order valence-electron chi connectivity index (χ2n) is 5.90. The smallest absolute Gasteiger partial charge is 0.160 e. The topological polar surface area (TPSA) is 38.7 Å². The van der Waals surface area contributed by atoms with E-state index in [2.05, 4.69) is 40.3 Å². The monoisotopic (exact) mass is 323 g/mol. The molecule has 0 saturated carbocycles. The summed E-state index contributed by atoms with van der Waals surface area (Å²) < 4.78 is 0. The van der Waals surface area contributed by atoms with Gasteiger partial charge in [-0.25, -0.2) is 9.97 Å². The number of rotatable bonds is 3. The van der Waals surface area contributed by atoms with Gasteiger partial charge in [0.25, 0.3) is 0 Å². The SMILES string of the molecule is Cc1cc(-c2ccc(-c3cccnc3)cc2)nc(-c2ccccc2)n1. The van der Waals surface area contributed by atoms with Crippen LogP contribution in [0.2, 0.25) is 0 Å². The Labute approximate surface area is 147 Å². The molecule has 25 heavy (non-hydrogen) atoms. The van der Waals surface area contributed by atoms with E-state index in [0.717, 1.165) is 39.5 Å². The van der Waals surface area contributed by atoms with Gasteiger partial charge in [-0.05, 0) is 30.2 Å². The first-order chi connectivity index (χ1) is 12.3. The Kier molecular flexibility index (Phi) is 4.05. The summed E-state index contributed by atoms with van der Waals surface area (Å²) in [7, 11) is 0. The van der Waals surface area contributed by atoms with Crippen LogP contribution < -0.4 is 0 Å². The summed E-state index contributed by atoms with van der Waals surface area (Å²) in [4.78, 5) is 13.5. The molecule has 120 valence electrons. The van der Waals surface area contributed by atoms with E-state index in [-0.39, 0.29) is 0 Å². The molecule has 2 heterocycles. The fourth-order valence-electron chi connectivity index (χ4n) is 2.80. The highest BCUT2D eigenvalue weighted by atomic mass is 14.9. The van der Waals surface area contributed by atoms with Crippen LogP contribution in [0.15, 0.2) is 85.2 Å². The fraction of sp³-hybridized carbons (Fsp3) is 0.0455. The molecule has 0 atom stereocenters. The highest BCUT2D eigenvalue weighted by Crippen LogP contribution is 2.25. The first-order valence-corrected chi connectivity index (χ1v) is 8.21. The second kappa shape index (κ2) is 6.65. The molecule has 0 aliphatic heterocycles. The van der Waals surface area contributed by atoms with Crippen molar-refractivity contribution in [2.24, 2.45) is 0 Å². The van der Waals surface area contributed by atoms with Gasteiger partial charge < -0.3 is 0 Å². The van der Waals surface area contributed by atoms with Crippen molar-refractivity contribution in [1.29, 1.82) is 0 Å². The van der Waals surface area contributed by atoms with Crippen LogP contribution in [0.4, 0.5) is 0 Å². The lowest BCUT2D eigenvalue weighted by Crippen LogP contribution is -1.95. The maximum atomic E-state index is 4.75. The third-order valence-corrected chi connectivity index (χ3v) is 4.06. The Morgan fingerprint density at radius 3 is 2.08 bits per heavy atom. The lowest BCUT2D eigenvalue weighted by Gasteiger charge is -2.08. The molecule has 0 spiro atoms. The van der Waals surface area contributed by atoms with Crippen molar-refractivity contribution >= 4 is 0 Å². The Hall–Kier alpha value is -3.33. The zero-order chi connectivity index (χ0) is 17.1. The van der Waals surface area contributed by atoms with Crippen LogP contribution in [-0.4, -0.2) is 15.0 Å². The molecule has 0 fully saturated rings. The minimum Gasteiger partial charge on any atom is -0.264 e. The predicted octanol–water partition coefficient (Wildman–Crippen LogP) is 5.18. The molecular weight excluding hydrogens is 306 g/mol. The molecular formula is C22H17N3. The van der Waals surface area contributed by atoms with Crippen molar-refractivity contribution in [3.05, 3.63) is 90.9 Å². The maximum Gasteiger partial charge on any atom is 0.160 e. The van der Waals surface area contributed by atoms with Crippen molar-refractivity contribution in [3.8, 4) is 33.8 Å². The Morgan fingerprint density at radius 2 is 1.36 bits per heavy atom. The zero-order valence-corrected chi connectivity index (χ0v) is 13.9. The van der Waals surface area contributed by atoms with E-state index in [1.165, 1.54) is 0 Å². The van der Waals surface area contributed by atoms with Crippen LogP contribution in [-0.2, 0) is 0 Å². The van der Waals surface area contributed by atoms with E-state index >= 15 is 0 Å². The van der Waals surface area contributed by atoms with Crippen molar-refractivity contribution in [2.45, 2.75) is 6.92 Å². The van der Waals surface area contributed by atoms with E-state index in [0.29, 0.717) is 0 Å². The Bertz CT molecular complexity index is 979. The van der Waals surface area contributed by atoms with Gasteiger partial charge in [0, 0.05) is 29.2 Å². The van der Waals surface area contributed by atoms with E-state index in [1.807, 2.05) is 55.6 Å². The molecule has 0 bridgehead atoms. The van der Waals surface area contributed by atoms with Crippen molar-refractivity contribution in [3.63, 3.8) is 0 Å². The summed E-state index contributed by atoms with van der Waals surface area (Å²) in [6, 6.07) is 24.5. The van der Waals surface area contributed by atoms with Gasteiger partial charge in [-0.15, -0.1) is 0 Å². The summed E-state index contributed by atoms with van der Waals surface area (Å²) in [5, 5.41) is 0. The molecule has 0 aliphatic carbocycles. The van der Waals surface area contributed by atoms with Crippen LogP contribution in [0.1, 0.15) is 5.69 Å². The predicted molar refractivity (Wildman–Crippen MR) is 101 cm³/mol. The molecule has 4 aromatic rings. The maximum absolute atomic E-state index is 4.75. The minimum absolute atomic E-state index is 0.756. The molecule has 4 rings (SSSR count). The summed E-state index contributed by atoms with van der Waals surface area (Å²) in [5.41, 5.74) is 6.25. The van der Waals surface area contributed by atoms with Gasteiger partial charge in [-0.2, -0.15) is 0 Å². The van der Waals surface area contributed by atoms with Gasteiger partial charge in [-0.3, -0.25) is 4.98 Å². The average Bonchev–Trinajstić information content (AvgIpc) is 2.69. The molecule has 0 radical (unpaired) electrons. The number of aryl methyl sites for hydroxylation is 1. The van der Waals surface area contributed by atoms with Crippen LogP contribution >= 0.6 is 0 Å². The van der Waals surface area contributed by atoms with Gasteiger partial charge in [0.1, 0.15) is 0 Å². The first kappa shape index (κ1) is 15.2. The van der Waals surface area contributed by atoms with Crippen molar-refractivity contribution in [1.82, 2.24) is 15.0 Å². The molecule has 2 aromatic carbocycles. The van der Waals surface area contributed by atoms with Crippen LogP contribution in [0.5, 0.6) is 0 Å². The zero-order valence-electron chi connectivity index (χ0n) is 13.9. The lowest BCUT2D eigenvalue weighted by molar-refractivity contribution is 1.11. The highest BCUT2D eigenvalue weighted by Gasteiger charge is 2.07. The second-order valence-corrected chi connectivity index (χ2v) is 5.90. The summed E-state index contributed by atoms with van der Waals surface area (Å²) in [6.07, 6.45) is 3.66. The molecule has 2 aromatic heterocycles. The number of hydrogen-bond donors (Lipinski definition) is 0. The van der Waals surface area contributed by atoms with Crippen LogP contribution in [0, 0.1) is 6.92 Å². The number of pyridine rings is 1. The highest BCUT2D eigenvalue weighted by molar-refractivity contribution is 5.69. The van der Waals surface area contributed by atoms with E-state index < -0.39 is 0 Å². The minimum atomic E-state index is 0.756. The third kappa shape index (κ3) is 3.31. The van der Waals surface area contributed by atoms with Gasteiger partial charge in [0.15, 0.2) is 5.82 Å². The Morgan fingerprint density at radius 1 is 0.640 bits per heavy atom. The van der Waals surface area contributed by atoms with E-state index in [9.17, 15) is 0 Å². The molecule has 3 nitrogen and oxygen atoms in total.